The van der Waals surface area contributed by atoms with Gasteiger partial charge in [-0.3, -0.25) is 0 Å². The fourth-order valence-electron chi connectivity index (χ4n) is 0.954. The molecule has 0 radical (unpaired) electrons. The molecule has 0 atom stereocenters. The van der Waals surface area contributed by atoms with Crippen LogP contribution in [-0.4, -0.2) is 24.5 Å². The van der Waals surface area contributed by atoms with Gasteiger partial charge in [-0.05, 0) is 33.6 Å². The lowest BCUT2D eigenvalue weighted by Gasteiger charge is -2.02. The van der Waals surface area contributed by atoms with Crippen LogP contribution in [0.2, 0.25) is 0 Å². The third kappa shape index (κ3) is 2.32. The van der Waals surface area contributed by atoms with Crippen molar-refractivity contribution in [1.82, 2.24) is 0 Å². The van der Waals surface area contributed by atoms with Gasteiger partial charge in [-0.25, -0.2) is 4.79 Å². The van der Waals surface area contributed by atoms with Crippen molar-refractivity contribution in [3.8, 4) is 0 Å². The Morgan fingerprint density at radius 3 is 2.86 bits per heavy atom. The van der Waals surface area contributed by atoms with Crippen molar-refractivity contribution in [1.29, 1.82) is 0 Å². The molecule has 0 unspecified atom stereocenters. The number of ether oxygens (including phenoxy) is 1. The highest BCUT2D eigenvalue weighted by Crippen LogP contribution is 2.18. The standard InChI is InChI=1S/C9H8BrNO3/c1-14-9(12)7-3-2-6(5-11-13)4-8(7)10/h2-5,13H,1H3. The first-order valence-corrected chi connectivity index (χ1v) is 4.53. The first-order valence-electron chi connectivity index (χ1n) is 3.74. The number of carbonyl (C=O) groups is 1. The molecule has 1 aromatic carbocycles. The van der Waals surface area contributed by atoms with Crippen molar-refractivity contribution in [2.45, 2.75) is 0 Å². The van der Waals surface area contributed by atoms with Crippen LogP contribution in [-0.2, 0) is 4.74 Å². The van der Waals surface area contributed by atoms with Crippen LogP contribution in [0.1, 0.15) is 15.9 Å². The number of esters is 1. The molecule has 0 heterocycles. The predicted octanol–water partition coefficient (Wildman–Crippen LogP) is 2.04. The van der Waals surface area contributed by atoms with Gasteiger partial charge in [0.25, 0.3) is 0 Å². The van der Waals surface area contributed by atoms with Gasteiger partial charge in [-0.1, -0.05) is 11.2 Å². The molecular weight excluding hydrogens is 250 g/mol. The highest BCUT2D eigenvalue weighted by molar-refractivity contribution is 9.10. The molecule has 0 aliphatic rings. The van der Waals surface area contributed by atoms with Crippen LogP contribution in [0.4, 0.5) is 0 Å². The van der Waals surface area contributed by atoms with Crippen molar-refractivity contribution in [2.75, 3.05) is 7.11 Å². The average molecular weight is 258 g/mol. The van der Waals surface area contributed by atoms with E-state index in [0.717, 1.165) is 0 Å². The molecule has 0 saturated heterocycles. The third-order valence-corrected chi connectivity index (χ3v) is 2.26. The number of oxime groups is 1. The molecule has 0 aliphatic carbocycles. The molecular formula is C9H8BrNO3. The molecule has 1 N–H and O–H groups in total. The fraction of sp³-hybridized carbons (Fsp3) is 0.111. The number of hydrogen-bond acceptors (Lipinski definition) is 4. The Labute approximate surface area is 89.3 Å². The van der Waals surface area contributed by atoms with Gasteiger partial charge in [0.1, 0.15) is 0 Å². The van der Waals surface area contributed by atoms with E-state index in [1.165, 1.54) is 13.3 Å². The molecule has 14 heavy (non-hydrogen) atoms. The van der Waals surface area contributed by atoms with Crippen molar-refractivity contribution < 1.29 is 14.7 Å². The van der Waals surface area contributed by atoms with Crippen LogP contribution in [0.25, 0.3) is 0 Å². The summed E-state index contributed by atoms with van der Waals surface area (Å²) < 4.78 is 5.16. The summed E-state index contributed by atoms with van der Waals surface area (Å²) in [5.74, 6) is -0.413. The molecule has 4 nitrogen and oxygen atoms in total. The van der Waals surface area contributed by atoms with Crippen LogP contribution in [0.3, 0.4) is 0 Å². The van der Waals surface area contributed by atoms with E-state index in [0.29, 0.717) is 15.6 Å². The minimum atomic E-state index is -0.413. The van der Waals surface area contributed by atoms with Gasteiger partial charge in [0.05, 0.1) is 18.9 Å². The van der Waals surface area contributed by atoms with Gasteiger partial charge in [0.15, 0.2) is 0 Å². The summed E-state index contributed by atoms with van der Waals surface area (Å²) in [5.41, 5.74) is 1.12. The first-order chi connectivity index (χ1) is 6.69. The summed E-state index contributed by atoms with van der Waals surface area (Å²) >= 11 is 3.21. The average Bonchev–Trinajstić information content (AvgIpc) is 2.17. The summed E-state index contributed by atoms with van der Waals surface area (Å²) in [6.45, 7) is 0. The Bertz CT molecular complexity index is 376. The quantitative estimate of drug-likeness (QED) is 0.382. The lowest BCUT2D eigenvalue weighted by molar-refractivity contribution is 0.0599. The second kappa shape index (κ2) is 4.76. The Morgan fingerprint density at radius 2 is 2.36 bits per heavy atom. The second-order valence-electron chi connectivity index (χ2n) is 2.48. The molecule has 1 aromatic rings. The normalized spacial score (nSPS) is 10.4. The van der Waals surface area contributed by atoms with Crippen LogP contribution in [0.15, 0.2) is 27.8 Å². The van der Waals surface area contributed by atoms with E-state index >= 15 is 0 Å². The van der Waals surface area contributed by atoms with Crippen LogP contribution in [0, 0.1) is 0 Å². The highest BCUT2D eigenvalue weighted by atomic mass is 79.9. The molecule has 0 aromatic heterocycles. The Kier molecular flexibility index (Phi) is 3.64. The number of benzene rings is 1. The van der Waals surface area contributed by atoms with Gasteiger partial charge in [0.2, 0.25) is 0 Å². The van der Waals surface area contributed by atoms with Crippen molar-refractivity contribution >= 4 is 28.1 Å². The molecule has 0 saturated carbocycles. The molecule has 0 amide bonds. The van der Waals surface area contributed by atoms with E-state index in [-0.39, 0.29) is 0 Å². The Morgan fingerprint density at radius 1 is 1.64 bits per heavy atom. The van der Waals surface area contributed by atoms with E-state index < -0.39 is 5.97 Å². The molecule has 74 valence electrons. The van der Waals surface area contributed by atoms with Crippen LogP contribution < -0.4 is 0 Å². The fourth-order valence-corrected chi connectivity index (χ4v) is 1.51. The molecule has 0 aliphatic heterocycles. The molecule has 0 fully saturated rings. The number of methoxy groups -OCH3 is 1. The van der Waals surface area contributed by atoms with E-state index in [9.17, 15) is 4.79 Å². The summed E-state index contributed by atoms with van der Waals surface area (Å²) in [6, 6.07) is 4.90. The lowest BCUT2D eigenvalue weighted by atomic mass is 10.1. The maximum absolute atomic E-state index is 11.2. The number of nitrogens with zero attached hydrogens (tertiary/aromatic N) is 1. The van der Waals surface area contributed by atoms with Gasteiger partial charge in [0, 0.05) is 4.47 Å². The summed E-state index contributed by atoms with van der Waals surface area (Å²) in [6.07, 6.45) is 1.27. The number of halogens is 1. The highest BCUT2D eigenvalue weighted by Gasteiger charge is 2.09. The first kappa shape index (κ1) is 10.7. The van der Waals surface area contributed by atoms with E-state index in [2.05, 4.69) is 25.8 Å². The lowest BCUT2D eigenvalue weighted by Crippen LogP contribution is -2.02. The minimum absolute atomic E-state index is 0.413. The Hall–Kier alpha value is -1.36. The molecule has 0 bridgehead atoms. The predicted molar refractivity (Wildman–Crippen MR) is 54.9 cm³/mol. The van der Waals surface area contributed by atoms with E-state index in [1.807, 2.05) is 0 Å². The van der Waals surface area contributed by atoms with Crippen molar-refractivity contribution in [3.63, 3.8) is 0 Å². The van der Waals surface area contributed by atoms with E-state index in [1.54, 1.807) is 18.2 Å². The third-order valence-electron chi connectivity index (χ3n) is 1.61. The smallest absolute Gasteiger partial charge is 0.339 e. The molecule has 0 spiro atoms. The van der Waals surface area contributed by atoms with Gasteiger partial charge in [-0.2, -0.15) is 0 Å². The maximum atomic E-state index is 11.2. The number of carbonyl (C=O) groups excluding carboxylic acids is 1. The van der Waals surface area contributed by atoms with Gasteiger partial charge >= 0.3 is 5.97 Å². The largest absolute Gasteiger partial charge is 0.465 e. The number of hydrogen-bond donors (Lipinski definition) is 1. The second-order valence-corrected chi connectivity index (χ2v) is 3.33. The maximum Gasteiger partial charge on any atom is 0.339 e. The zero-order chi connectivity index (χ0) is 10.6. The van der Waals surface area contributed by atoms with Crippen molar-refractivity contribution in [2.24, 2.45) is 5.16 Å². The van der Waals surface area contributed by atoms with Crippen LogP contribution in [0.5, 0.6) is 0 Å². The van der Waals surface area contributed by atoms with E-state index in [4.69, 9.17) is 5.21 Å². The zero-order valence-corrected chi connectivity index (χ0v) is 8.98. The SMILES string of the molecule is COC(=O)c1ccc(C=NO)cc1Br. The summed E-state index contributed by atoms with van der Waals surface area (Å²) in [4.78, 5) is 11.2. The van der Waals surface area contributed by atoms with Gasteiger partial charge in [-0.15, -0.1) is 0 Å². The summed E-state index contributed by atoms with van der Waals surface area (Å²) in [5, 5.41) is 11.2. The van der Waals surface area contributed by atoms with Gasteiger partial charge < -0.3 is 9.94 Å². The topological polar surface area (TPSA) is 58.9 Å². The summed E-state index contributed by atoms with van der Waals surface area (Å²) in [7, 11) is 1.32. The monoisotopic (exact) mass is 257 g/mol. The Balaban J connectivity index is 3.07. The van der Waals surface area contributed by atoms with Crippen molar-refractivity contribution in [3.05, 3.63) is 33.8 Å². The minimum Gasteiger partial charge on any atom is -0.465 e. The zero-order valence-electron chi connectivity index (χ0n) is 7.40. The molecule has 1 rings (SSSR count). The molecule has 5 heteroatoms. The van der Waals surface area contributed by atoms with Crippen LogP contribution >= 0.6 is 15.9 Å². The number of rotatable bonds is 2.